The summed E-state index contributed by atoms with van der Waals surface area (Å²) in [6.45, 7) is 3.04. The second kappa shape index (κ2) is 7.08. The molecule has 1 aliphatic rings. The summed E-state index contributed by atoms with van der Waals surface area (Å²) in [6, 6.07) is 12.0. The van der Waals surface area contributed by atoms with Crippen molar-refractivity contribution in [2.75, 3.05) is 31.2 Å². The number of aromatic amines is 1. The molecule has 1 aliphatic heterocycles. The molecule has 0 radical (unpaired) electrons. The number of H-pyrrole nitrogens is 1. The Morgan fingerprint density at radius 2 is 1.93 bits per heavy atom. The molecule has 0 aliphatic carbocycles. The van der Waals surface area contributed by atoms with Gasteiger partial charge < -0.3 is 24.8 Å². The molecule has 27 heavy (non-hydrogen) atoms. The summed E-state index contributed by atoms with van der Waals surface area (Å²) in [4.78, 5) is 16.2. The summed E-state index contributed by atoms with van der Waals surface area (Å²) in [5.41, 5.74) is 2.65. The second-order valence-electron chi connectivity index (χ2n) is 6.21. The van der Waals surface area contributed by atoms with Gasteiger partial charge in [-0.3, -0.25) is 0 Å². The van der Waals surface area contributed by atoms with Gasteiger partial charge in [0.2, 0.25) is 5.88 Å². The zero-order valence-electron chi connectivity index (χ0n) is 14.4. The third kappa shape index (κ3) is 3.47. The van der Waals surface area contributed by atoms with Crippen LogP contribution in [0.4, 0.5) is 17.1 Å². The minimum atomic E-state index is -1.03. The van der Waals surface area contributed by atoms with Crippen molar-refractivity contribution in [2.24, 2.45) is 10.2 Å². The summed E-state index contributed by atoms with van der Waals surface area (Å²) in [5, 5.41) is 28.2. The molecule has 2 aromatic carbocycles. The molecular weight excluding hydrogens is 348 g/mol. The molecule has 1 fully saturated rings. The van der Waals surface area contributed by atoms with E-state index in [-0.39, 0.29) is 11.4 Å². The third-order valence-electron chi connectivity index (χ3n) is 4.47. The highest BCUT2D eigenvalue weighted by Crippen LogP contribution is 2.38. The average Bonchev–Trinajstić information content (AvgIpc) is 3.01. The molecule has 0 spiro atoms. The summed E-state index contributed by atoms with van der Waals surface area (Å²) in [7, 11) is 0. The van der Waals surface area contributed by atoms with Gasteiger partial charge in [0, 0.05) is 24.2 Å². The van der Waals surface area contributed by atoms with Crippen molar-refractivity contribution in [3.63, 3.8) is 0 Å². The van der Waals surface area contributed by atoms with Crippen molar-refractivity contribution in [3.8, 4) is 5.88 Å². The number of carboxylic acid groups (broad SMARTS) is 1. The summed E-state index contributed by atoms with van der Waals surface area (Å²) < 4.78 is 5.38. The standard InChI is InChI=1S/C19H18N4O4/c24-18-17(22-21-13-3-1-2-12(10-13)19(25)26)15-5-4-14(11-16(15)20-18)23-6-8-27-9-7-23/h1-5,10-11,20,24H,6-9H2,(H,25,26). The number of rotatable bonds is 4. The number of aromatic carboxylic acids is 1. The fourth-order valence-corrected chi connectivity index (χ4v) is 3.08. The Labute approximate surface area is 154 Å². The maximum absolute atomic E-state index is 11.0. The minimum Gasteiger partial charge on any atom is -0.493 e. The number of nitrogens with zero attached hydrogens (tertiary/aromatic N) is 3. The first kappa shape index (κ1) is 17.0. The van der Waals surface area contributed by atoms with Crippen molar-refractivity contribution >= 4 is 33.9 Å². The summed E-state index contributed by atoms with van der Waals surface area (Å²) >= 11 is 0. The Morgan fingerprint density at radius 1 is 1.11 bits per heavy atom. The molecule has 3 N–H and O–H groups in total. The number of nitrogens with one attached hydrogen (secondary N) is 1. The van der Waals surface area contributed by atoms with Crippen LogP contribution in [0.1, 0.15) is 10.4 Å². The van der Waals surface area contributed by atoms with Gasteiger partial charge in [-0.15, -0.1) is 5.11 Å². The van der Waals surface area contributed by atoms with Gasteiger partial charge >= 0.3 is 5.97 Å². The molecule has 3 aromatic rings. The number of azo groups is 1. The van der Waals surface area contributed by atoms with Gasteiger partial charge in [-0.1, -0.05) is 6.07 Å². The Morgan fingerprint density at radius 3 is 2.70 bits per heavy atom. The van der Waals surface area contributed by atoms with E-state index in [2.05, 4.69) is 20.1 Å². The van der Waals surface area contributed by atoms with Crippen LogP contribution in [0.25, 0.3) is 10.9 Å². The lowest BCUT2D eigenvalue weighted by molar-refractivity contribution is 0.0697. The Balaban J connectivity index is 1.64. The number of aromatic hydroxyl groups is 1. The molecule has 0 bridgehead atoms. The van der Waals surface area contributed by atoms with Crippen LogP contribution in [0.5, 0.6) is 5.88 Å². The first-order valence-electron chi connectivity index (χ1n) is 8.54. The van der Waals surface area contributed by atoms with Crippen LogP contribution in [0.3, 0.4) is 0 Å². The number of carbonyl (C=O) groups is 1. The van der Waals surface area contributed by atoms with Crippen molar-refractivity contribution in [1.82, 2.24) is 4.98 Å². The number of hydrogen-bond donors (Lipinski definition) is 3. The molecule has 2 heterocycles. The predicted octanol–water partition coefficient (Wildman–Crippen LogP) is 3.82. The van der Waals surface area contributed by atoms with Crippen LogP contribution in [0.2, 0.25) is 0 Å². The molecule has 8 heteroatoms. The van der Waals surface area contributed by atoms with Crippen molar-refractivity contribution in [1.29, 1.82) is 0 Å². The smallest absolute Gasteiger partial charge is 0.335 e. The summed E-state index contributed by atoms with van der Waals surface area (Å²) in [5.74, 6) is -1.11. The highest BCUT2D eigenvalue weighted by molar-refractivity contribution is 5.96. The molecule has 138 valence electrons. The number of fused-ring (bicyclic) bond motifs is 1. The predicted molar refractivity (Wildman–Crippen MR) is 101 cm³/mol. The molecule has 0 amide bonds. The van der Waals surface area contributed by atoms with E-state index < -0.39 is 5.97 Å². The van der Waals surface area contributed by atoms with Crippen LogP contribution >= 0.6 is 0 Å². The second-order valence-corrected chi connectivity index (χ2v) is 6.21. The molecule has 0 saturated carbocycles. The van der Waals surface area contributed by atoms with E-state index in [1.165, 1.54) is 12.1 Å². The molecule has 1 aromatic heterocycles. The van der Waals surface area contributed by atoms with Crippen LogP contribution in [0.15, 0.2) is 52.7 Å². The lowest BCUT2D eigenvalue weighted by atomic mass is 10.2. The topological polar surface area (TPSA) is 111 Å². The minimum absolute atomic E-state index is 0.0812. The lowest BCUT2D eigenvalue weighted by Crippen LogP contribution is -2.36. The number of carboxylic acids is 1. The molecule has 1 saturated heterocycles. The maximum Gasteiger partial charge on any atom is 0.335 e. The van der Waals surface area contributed by atoms with Crippen molar-refractivity contribution in [2.45, 2.75) is 0 Å². The molecule has 0 unspecified atom stereocenters. The fraction of sp³-hybridized carbons (Fsp3) is 0.211. The molecule has 8 nitrogen and oxygen atoms in total. The molecule has 0 atom stereocenters. The number of hydrogen-bond acceptors (Lipinski definition) is 6. The highest BCUT2D eigenvalue weighted by atomic mass is 16.5. The maximum atomic E-state index is 11.0. The van der Waals surface area contributed by atoms with Gasteiger partial charge in [-0.05, 0) is 36.4 Å². The van der Waals surface area contributed by atoms with E-state index in [1.807, 2.05) is 18.2 Å². The molecular formula is C19H18N4O4. The Kier molecular flexibility index (Phi) is 4.47. The normalized spacial score (nSPS) is 14.9. The fourth-order valence-electron chi connectivity index (χ4n) is 3.08. The summed E-state index contributed by atoms with van der Waals surface area (Å²) in [6.07, 6.45) is 0. The van der Waals surface area contributed by atoms with Crippen LogP contribution in [-0.4, -0.2) is 47.5 Å². The van der Waals surface area contributed by atoms with Gasteiger partial charge in [0.05, 0.1) is 30.0 Å². The van der Waals surface area contributed by atoms with Gasteiger partial charge in [-0.25, -0.2) is 4.79 Å². The van der Waals surface area contributed by atoms with Crippen LogP contribution in [0, 0.1) is 0 Å². The van der Waals surface area contributed by atoms with Gasteiger partial charge in [-0.2, -0.15) is 5.11 Å². The quantitative estimate of drug-likeness (QED) is 0.608. The lowest BCUT2D eigenvalue weighted by Gasteiger charge is -2.28. The van der Waals surface area contributed by atoms with Crippen LogP contribution in [-0.2, 0) is 4.74 Å². The van der Waals surface area contributed by atoms with Gasteiger partial charge in [0.25, 0.3) is 0 Å². The SMILES string of the molecule is O=C(O)c1cccc(N=Nc2c(O)[nH]c3cc(N4CCOCC4)ccc23)c1. The van der Waals surface area contributed by atoms with Crippen LogP contribution < -0.4 is 4.90 Å². The van der Waals surface area contributed by atoms with E-state index >= 15 is 0 Å². The van der Waals surface area contributed by atoms with Crippen molar-refractivity contribution in [3.05, 3.63) is 48.0 Å². The van der Waals surface area contributed by atoms with E-state index in [0.29, 0.717) is 24.6 Å². The highest BCUT2D eigenvalue weighted by Gasteiger charge is 2.15. The van der Waals surface area contributed by atoms with Crippen molar-refractivity contribution < 1.29 is 19.7 Å². The Bertz CT molecular complexity index is 1020. The molecule has 4 rings (SSSR count). The first-order valence-corrected chi connectivity index (χ1v) is 8.54. The van der Waals surface area contributed by atoms with E-state index in [4.69, 9.17) is 9.84 Å². The zero-order chi connectivity index (χ0) is 18.8. The third-order valence-corrected chi connectivity index (χ3v) is 4.47. The first-order chi connectivity index (χ1) is 13.1. The largest absolute Gasteiger partial charge is 0.493 e. The number of ether oxygens (including phenoxy) is 1. The zero-order valence-corrected chi connectivity index (χ0v) is 14.4. The van der Waals surface area contributed by atoms with E-state index in [9.17, 15) is 9.90 Å². The number of benzene rings is 2. The average molecular weight is 366 g/mol. The van der Waals surface area contributed by atoms with E-state index in [1.54, 1.807) is 12.1 Å². The number of morpholine rings is 1. The Hall–Kier alpha value is -3.39. The van der Waals surface area contributed by atoms with E-state index in [0.717, 1.165) is 29.7 Å². The monoisotopic (exact) mass is 366 g/mol. The number of aromatic nitrogens is 1. The van der Waals surface area contributed by atoms with Gasteiger partial charge in [0.1, 0.15) is 0 Å². The number of anilines is 1. The van der Waals surface area contributed by atoms with Gasteiger partial charge in [0.15, 0.2) is 5.69 Å².